The van der Waals surface area contributed by atoms with Crippen LogP contribution in [-0.2, 0) is 16.3 Å². The molecule has 2 unspecified atom stereocenters. The third kappa shape index (κ3) is 10.4. The molecule has 0 bridgehead atoms. The lowest BCUT2D eigenvalue weighted by molar-refractivity contribution is -0.139. The average Bonchev–Trinajstić information content (AvgIpc) is 3.47. The van der Waals surface area contributed by atoms with Gasteiger partial charge in [-0.15, -0.1) is 0 Å². The number of nitrogens with zero attached hydrogens (tertiary/aromatic N) is 2. The molecule has 2 aromatic heterocycles. The number of halogens is 2. The third-order valence-corrected chi connectivity index (χ3v) is 7.90. The summed E-state index contributed by atoms with van der Waals surface area (Å²) in [6.07, 6.45) is 0.198. The maximum absolute atomic E-state index is 14.0. The van der Waals surface area contributed by atoms with Crippen molar-refractivity contribution in [2.75, 3.05) is 5.32 Å². The molecule has 0 radical (unpaired) electrons. The number of hydrogen-bond acceptors (Lipinski definition) is 7. The Morgan fingerprint density at radius 2 is 1.51 bits per heavy atom. The molecule has 5 rings (SSSR count). The first-order valence-electron chi connectivity index (χ1n) is 16.2. The van der Waals surface area contributed by atoms with Crippen molar-refractivity contribution in [1.29, 1.82) is 0 Å². The van der Waals surface area contributed by atoms with Gasteiger partial charge in [-0.25, -0.2) is 14.1 Å². The minimum absolute atomic E-state index is 0.0939. The summed E-state index contributed by atoms with van der Waals surface area (Å²) in [4.78, 5) is 41.9. The zero-order valence-corrected chi connectivity index (χ0v) is 28.1. The maximum atomic E-state index is 14.0. The number of aliphatic hydroxyl groups is 2. The molecule has 0 fully saturated rings. The van der Waals surface area contributed by atoms with Gasteiger partial charge in [-0.2, -0.15) is 0 Å². The minimum Gasteiger partial charge on any atom is -0.481 e. The second-order valence-electron chi connectivity index (χ2n) is 12.0. The lowest BCUT2D eigenvalue weighted by Crippen LogP contribution is -2.22. The molecule has 0 saturated carbocycles. The van der Waals surface area contributed by atoms with Crippen LogP contribution in [0.15, 0.2) is 109 Å². The van der Waals surface area contributed by atoms with Gasteiger partial charge >= 0.3 is 11.9 Å². The molecule has 5 aromatic rings. The summed E-state index contributed by atoms with van der Waals surface area (Å²) in [5.41, 5.74) is 4.88. The van der Waals surface area contributed by atoms with Crippen LogP contribution in [0, 0.1) is 5.82 Å². The van der Waals surface area contributed by atoms with E-state index in [0.717, 1.165) is 11.3 Å². The van der Waals surface area contributed by atoms with Gasteiger partial charge in [0.05, 0.1) is 35.4 Å². The summed E-state index contributed by atoms with van der Waals surface area (Å²) in [6.45, 7) is 4.25. The standard InChI is InChI=1S/C33H35FN2O5.C6H4FNO2/c1-21(2)31-30(33(41)35-25-11-7-4-8-12-25)29(22-9-5-3-6-10-22)32(23-13-15-24(34)16-14-23)36(31)18-17-26(37)19-27(38)20-28(39)40;7-10-6(9)5-2-1-3-8-4-5/h3-16,21,26-27,37-38H,17-20H2,1-2H3,(H,35,41)(H,39,40);1-4H. The Hall–Kier alpha value is -5.72. The molecule has 0 saturated heterocycles. The summed E-state index contributed by atoms with van der Waals surface area (Å²) < 4.78 is 27.2. The van der Waals surface area contributed by atoms with Gasteiger partial charge in [0.2, 0.25) is 0 Å². The first kappa shape index (κ1) is 38.1. The fraction of sp³-hybridized carbons (Fsp3) is 0.231. The van der Waals surface area contributed by atoms with Crippen molar-refractivity contribution < 1.29 is 43.6 Å². The molecule has 0 aliphatic heterocycles. The van der Waals surface area contributed by atoms with Crippen LogP contribution in [0.1, 0.15) is 65.4 Å². The Balaban J connectivity index is 0.000000502. The van der Waals surface area contributed by atoms with Crippen molar-refractivity contribution in [2.24, 2.45) is 0 Å². The first-order valence-corrected chi connectivity index (χ1v) is 16.2. The highest BCUT2D eigenvalue weighted by Gasteiger charge is 2.31. The Kier molecular flexibility index (Phi) is 13.7. The van der Waals surface area contributed by atoms with E-state index in [1.54, 1.807) is 12.1 Å². The molecule has 2 atom stereocenters. The van der Waals surface area contributed by atoms with Crippen LogP contribution in [0.25, 0.3) is 22.4 Å². The summed E-state index contributed by atoms with van der Waals surface area (Å²) in [6, 6.07) is 27.7. The van der Waals surface area contributed by atoms with E-state index < -0.39 is 30.6 Å². The monoisotopic (exact) mass is 699 g/mol. The van der Waals surface area contributed by atoms with Crippen molar-refractivity contribution in [3.8, 4) is 22.4 Å². The second kappa shape index (κ2) is 18.3. The van der Waals surface area contributed by atoms with Gasteiger partial charge in [-0.3, -0.25) is 14.6 Å². The Morgan fingerprint density at radius 1 is 0.863 bits per heavy atom. The number of carboxylic acids is 1. The van der Waals surface area contributed by atoms with Crippen LogP contribution in [0.2, 0.25) is 0 Å². The third-order valence-electron chi connectivity index (χ3n) is 7.90. The van der Waals surface area contributed by atoms with Crippen LogP contribution in [0.3, 0.4) is 0 Å². The number of aliphatic hydroxyl groups excluding tert-OH is 2. The molecule has 4 N–H and O–H groups in total. The number of aromatic nitrogens is 2. The normalized spacial score (nSPS) is 12.0. The summed E-state index contributed by atoms with van der Waals surface area (Å²) in [5, 5.41) is 32.8. The fourth-order valence-electron chi connectivity index (χ4n) is 5.73. The zero-order valence-electron chi connectivity index (χ0n) is 28.1. The number of pyridine rings is 1. The molecule has 1 amide bonds. The van der Waals surface area contributed by atoms with Crippen molar-refractivity contribution in [1.82, 2.24) is 9.55 Å². The lowest BCUT2D eigenvalue weighted by Gasteiger charge is -2.20. The Bertz CT molecular complexity index is 1890. The topological polar surface area (TPSA) is 151 Å². The van der Waals surface area contributed by atoms with Crippen molar-refractivity contribution >= 4 is 23.5 Å². The number of benzene rings is 3. The Labute approximate surface area is 293 Å². The summed E-state index contributed by atoms with van der Waals surface area (Å²) in [7, 11) is 0. The van der Waals surface area contributed by atoms with Crippen molar-refractivity contribution in [3.63, 3.8) is 0 Å². The van der Waals surface area contributed by atoms with Crippen LogP contribution in [0.4, 0.5) is 14.6 Å². The maximum Gasteiger partial charge on any atom is 0.381 e. The van der Waals surface area contributed by atoms with Gasteiger partial charge in [0.15, 0.2) is 0 Å². The highest BCUT2D eigenvalue weighted by molar-refractivity contribution is 6.12. The van der Waals surface area contributed by atoms with E-state index in [-0.39, 0.29) is 42.6 Å². The fourth-order valence-corrected chi connectivity index (χ4v) is 5.73. The first-order chi connectivity index (χ1) is 24.5. The molecule has 51 heavy (non-hydrogen) atoms. The summed E-state index contributed by atoms with van der Waals surface area (Å²) >= 11 is 0. The number of rotatable bonds is 13. The van der Waals surface area contributed by atoms with Gasteiger partial charge in [-0.05, 0) is 78.4 Å². The molecule has 10 nitrogen and oxygen atoms in total. The van der Waals surface area contributed by atoms with E-state index in [1.807, 2.05) is 79.1 Å². The number of carbonyl (C=O) groups excluding carboxylic acids is 2. The van der Waals surface area contributed by atoms with E-state index in [9.17, 15) is 33.5 Å². The molecule has 0 aliphatic carbocycles. The number of anilines is 1. The van der Waals surface area contributed by atoms with E-state index in [1.165, 1.54) is 36.7 Å². The SMILES string of the molecule is CC(C)c1c(C(=O)Nc2ccccc2)c(-c2ccccc2)c(-c2ccc(F)cc2)n1CCC(O)CC(O)CC(=O)O.O=C(OF)c1cccnc1. The van der Waals surface area contributed by atoms with Crippen molar-refractivity contribution in [3.05, 3.63) is 132 Å². The van der Waals surface area contributed by atoms with Gasteiger partial charge < -0.3 is 25.2 Å². The molecule has 266 valence electrons. The smallest absolute Gasteiger partial charge is 0.381 e. The number of carboxylic acid groups (broad SMARTS) is 1. The van der Waals surface area contributed by atoms with E-state index in [4.69, 9.17) is 5.11 Å². The van der Waals surface area contributed by atoms with E-state index in [2.05, 4.69) is 15.2 Å². The largest absolute Gasteiger partial charge is 0.481 e. The molecular formula is C39H39F2N3O7. The number of amides is 1. The average molecular weight is 700 g/mol. The number of nitrogens with one attached hydrogen (secondary N) is 1. The highest BCUT2D eigenvalue weighted by Crippen LogP contribution is 2.42. The van der Waals surface area contributed by atoms with Crippen LogP contribution < -0.4 is 5.32 Å². The number of hydrogen-bond donors (Lipinski definition) is 4. The molecule has 3 aromatic carbocycles. The molecule has 12 heteroatoms. The van der Waals surface area contributed by atoms with Crippen LogP contribution in [0.5, 0.6) is 0 Å². The van der Waals surface area contributed by atoms with Gasteiger partial charge in [-0.1, -0.05) is 62.4 Å². The number of carbonyl (C=O) groups is 3. The second-order valence-corrected chi connectivity index (χ2v) is 12.0. The van der Waals surface area contributed by atoms with Crippen molar-refractivity contribution in [2.45, 2.75) is 57.8 Å². The molecule has 0 aliphatic rings. The molecular weight excluding hydrogens is 660 g/mol. The predicted molar refractivity (Wildman–Crippen MR) is 188 cm³/mol. The van der Waals surface area contributed by atoms with Crippen LogP contribution >= 0.6 is 0 Å². The quantitative estimate of drug-likeness (QED) is 0.0991. The lowest BCUT2D eigenvalue weighted by atomic mass is 9.94. The number of para-hydroxylation sites is 1. The number of aliphatic carboxylic acids is 1. The van der Waals surface area contributed by atoms with E-state index >= 15 is 0 Å². The van der Waals surface area contributed by atoms with Gasteiger partial charge in [0.1, 0.15) is 5.82 Å². The molecule has 2 heterocycles. The zero-order chi connectivity index (χ0) is 36.9. The van der Waals surface area contributed by atoms with Gasteiger partial charge in [0.25, 0.3) is 5.91 Å². The van der Waals surface area contributed by atoms with Gasteiger partial charge in [0, 0.05) is 40.4 Å². The minimum atomic E-state index is -1.18. The summed E-state index contributed by atoms with van der Waals surface area (Å²) in [5.74, 6) is -2.95. The Morgan fingerprint density at radius 3 is 2.08 bits per heavy atom. The predicted octanol–water partition coefficient (Wildman–Crippen LogP) is 7.44. The molecule has 0 spiro atoms. The highest BCUT2D eigenvalue weighted by atomic mass is 19.3. The van der Waals surface area contributed by atoms with Crippen LogP contribution in [-0.4, -0.2) is 54.9 Å². The van der Waals surface area contributed by atoms with E-state index in [0.29, 0.717) is 28.1 Å².